The third kappa shape index (κ3) is 3.93. The molecule has 0 aliphatic heterocycles. The van der Waals surface area contributed by atoms with E-state index in [2.05, 4.69) is 10.3 Å². The van der Waals surface area contributed by atoms with Gasteiger partial charge in [0.1, 0.15) is 6.54 Å². The lowest BCUT2D eigenvalue weighted by atomic mass is 10.2. The van der Waals surface area contributed by atoms with Crippen LogP contribution < -0.4 is 5.32 Å². The maximum Gasteiger partial charge on any atom is 0.449 e. The number of para-hydroxylation sites is 2. The normalized spacial score (nSPS) is 11.7. The lowest BCUT2D eigenvalue weighted by molar-refractivity contribution is -0.147. The molecule has 3 rings (SSSR count). The maximum atomic E-state index is 13.2. The Morgan fingerprint density at radius 1 is 1.12 bits per heavy atom. The Bertz CT molecular complexity index is 904. The Hall–Kier alpha value is -2.54. The number of fused-ring (bicyclic) bond motifs is 1. The fourth-order valence-corrected chi connectivity index (χ4v) is 2.58. The van der Waals surface area contributed by atoms with Crippen LogP contribution in [0.2, 0.25) is 5.02 Å². The number of nitrogens with one attached hydrogen (secondary N) is 1. The summed E-state index contributed by atoms with van der Waals surface area (Å²) in [4.78, 5) is 15.7. The molecule has 0 saturated carbocycles. The fraction of sp³-hybridized carbons (Fsp3) is 0.176. The van der Waals surface area contributed by atoms with Gasteiger partial charge in [0.2, 0.25) is 11.7 Å². The number of aromatic nitrogens is 2. The summed E-state index contributed by atoms with van der Waals surface area (Å²) in [6.07, 6.45) is -4.64. The number of hydrogen-bond donors (Lipinski definition) is 1. The van der Waals surface area contributed by atoms with Crippen LogP contribution in [-0.2, 0) is 24.1 Å². The van der Waals surface area contributed by atoms with Crippen molar-refractivity contribution in [2.75, 3.05) is 0 Å². The average Bonchev–Trinajstić information content (AvgIpc) is 2.93. The van der Waals surface area contributed by atoms with Crippen molar-refractivity contribution in [2.45, 2.75) is 19.3 Å². The van der Waals surface area contributed by atoms with Gasteiger partial charge >= 0.3 is 6.18 Å². The number of rotatable bonds is 4. The fourth-order valence-electron chi connectivity index (χ4n) is 2.45. The van der Waals surface area contributed by atoms with Crippen molar-refractivity contribution in [3.8, 4) is 0 Å². The number of amides is 1. The lowest BCUT2D eigenvalue weighted by Gasteiger charge is -2.12. The number of imidazole rings is 1. The van der Waals surface area contributed by atoms with Gasteiger partial charge in [-0.25, -0.2) is 4.98 Å². The smallest absolute Gasteiger partial charge is 0.350 e. The number of alkyl halides is 3. The molecule has 0 atom stereocenters. The standard InChI is InChI=1S/C17H13ClF3N3O/c18-12-7-5-11(6-8-12)9-22-15(25)10-24-14-4-2-1-3-13(14)23-16(24)17(19,20)21/h1-8H,9-10H2,(H,22,25). The number of benzene rings is 2. The monoisotopic (exact) mass is 367 g/mol. The zero-order valence-electron chi connectivity index (χ0n) is 12.8. The van der Waals surface area contributed by atoms with E-state index in [9.17, 15) is 18.0 Å². The highest BCUT2D eigenvalue weighted by Crippen LogP contribution is 2.31. The highest BCUT2D eigenvalue weighted by Gasteiger charge is 2.37. The summed E-state index contributed by atoms with van der Waals surface area (Å²) in [5.74, 6) is -1.63. The lowest BCUT2D eigenvalue weighted by Crippen LogP contribution is -2.29. The van der Waals surface area contributed by atoms with Crippen molar-refractivity contribution in [3.63, 3.8) is 0 Å². The number of carbonyl (C=O) groups is 1. The molecule has 1 heterocycles. The molecule has 1 aromatic heterocycles. The Morgan fingerprint density at radius 3 is 2.48 bits per heavy atom. The second kappa shape index (κ2) is 6.76. The predicted molar refractivity (Wildman–Crippen MR) is 88.0 cm³/mol. The van der Waals surface area contributed by atoms with Gasteiger partial charge in [0.05, 0.1) is 11.0 Å². The molecule has 2 aromatic carbocycles. The van der Waals surface area contributed by atoms with E-state index in [1.165, 1.54) is 12.1 Å². The van der Waals surface area contributed by atoms with Crippen LogP contribution in [0.5, 0.6) is 0 Å². The third-order valence-electron chi connectivity index (χ3n) is 3.61. The average molecular weight is 368 g/mol. The van der Waals surface area contributed by atoms with Crippen LogP contribution in [0, 0.1) is 0 Å². The minimum absolute atomic E-state index is 0.195. The molecule has 0 spiro atoms. The van der Waals surface area contributed by atoms with Crippen LogP contribution in [0.4, 0.5) is 13.2 Å². The van der Waals surface area contributed by atoms with Crippen molar-refractivity contribution in [2.24, 2.45) is 0 Å². The summed E-state index contributed by atoms with van der Waals surface area (Å²) >= 11 is 5.78. The molecule has 3 aromatic rings. The first kappa shape index (κ1) is 17.3. The summed E-state index contributed by atoms with van der Waals surface area (Å²) in [7, 11) is 0. The van der Waals surface area contributed by atoms with Crippen molar-refractivity contribution >= 4 is 28.5 Å². The SMILES string of the molecule is O=C(Cn1c(C(F)(F)F)nc2ccccc21)NCc1ccc(Cl)cc1. The summed E-state index contributed by atoms with van der Waals surface area (Å²) in [6, 6.07) is 13.0. The van der Waals surface area contributed by atoms with Gasteiger partial charge in [-0.15, -0.1) is 0 Å². The van der Waals surface area contributed by atoms with E-state index < -0.39 is 24.5 Å². The maximum absolute atomic E-state index is 13.2. The minimum Gasteiger partial charge on any atom is -0.350 e. The van der Waals surface area contributed by atoms with Gasteiger partial charge in [0.25, 0.3) is 0 Å². The van der Waals surface area contributed by atoms with Crippen LogP contribution in [0.1, 0.15) is 11.4 Å². The first-order valence-corrected chi connectivity index (χ1v) is 7.76. The van der Waals surface area contributed by atoms with Crippen LogP contribution in [0.25, 0.3) is 11.0 Å². The topological polar surface area (TPSA) is 46.9 Å². The van der Waals surface area contributed by atoms with Gasteiger partial charge < -0.3 is 9.88 Å². The molecule has 0 saturated heterocycles. The molecule has 8 heteroatoms. The van der Waals surface area contributed by atoms with Crippen molar-refractivity contribution in [3.05, 3.63) is 64.9 Å². The largest absolute Gasteiger partial charge is 0.449 e. The van der Waals surface area contributed by atoms with Crippen LogP contribution in [0.15, 0.2) is 48.5 Å². The minimum atomic E-state index is -4.64. The second-order valence-corrected chi connectivity index (χ2v) is 5.85. The zero-order chi connectivity index (χ0) is 18.0. The summed E-state index contributed by atoms with van der Waals surface area (Å²) < 4.78 is 40.5. The second-order valence-electron chi connectivity index (χ2n) is 5.41. The summed E-state index contributed by atoms with van der Waals surface area (Å²) in [6.45, 7) is -0.271. The molecule has 1 N–H and O–H groups in total. The summed E-state index contributed by atoms with van der Waals surface area (Å²) in [5, 5.41) is 3.17. The Labute approximate surface area is 146 Å². The first-order chi connectivity index (χ1) is 11.8. The molecule has 0 radical (unpaired) electrons. The Morgan fingerprint density at radius 2 is 1.80 bits per heavy atom. The number of carbonyl (C=O) groups excluding carboxylic acids is 1. The van der Waals surface area contributed by atoms with Gasteiger partial charge in [-0.05, 0) is 29.8 Å². The molecular weight excluding hydrogens is 355 g/mol. The van der Waals surface area contributed by atoms with Gasteiger partial charge in [-0.1, -0.05) is 35.9 Å². The van der Waals surface area contributed by atoms with Crippen LogP contribution in [-0.4, -0.2) is 15.5 Å². The molecule has 130 valence electrons. The van der Waals surface area contributed by atoms with Crippen LogP contribution in [0.3, 0.4) is 0 Å². The van der Waals surface area contributed by atoms with E-state index in [0.29, 0.717) is 5.02 Å². The molecule has 0 aliphatic carbocycles. The van der Waals surface area contributed by atoms with E-state index in [-0.39, 0.29) is 17.6 Å². The van der Waals surface area contributed by atoms with Gasteiger partial charge in [-0.2, -0.15) is 13.2 Å². The first-order valence-electron chi connectivity index (χ1n) is 7.38. The van der Waals surface area contributed by atoms with E-state index in [1.54, 1.807) is 36.4 Å². The highest BCUT2D eigenvalue weighted by atomic mass is 35.5. The third-order valence-corrected chi connectivity index (χ3v) is 3.86. The molecule has 0 unspecified atom stereocenters. The van der Waals surface area contributed by atoms with Gasteiger partial charge in [0, 0.05) is 11.6 Å². The molecule has 4 nitrogen and oxygen atoms in total. The summed E-state index contributed by atoms with van der Waals surface area (Å²) in [5.41, 5.74) is 1.25. The molecular formula is C17H13ClF3N3O. The predicted octanol–water partition coefficient (Wildman–Crippen LogP) is 4.02. The quantitative estimate of drug-likeness (QED) is 0.757. The van der Waals surface area contributed by atoms with Gasteiger partial charge in [-0.3, -0.25) is 4.79 Å². The molecule has 25 heavy (non-hydrogen) atoms. The molecule has 0 fully saturated rings. The van der Waals surface area contributed by atoms with E-state index in [0.717, 1.165) is 10.1 Å². The molecule has 0 bridgehead atoms. The van der Waals surface area contributed by atoms with Gasteiger partial charge in [0.15, 0.2) is 0 Å². The van der Waals surface area contributed by atoms with Crippen molar-refractivity contribution in [1.29, 1.82) is 0 Å². The van der Waals surface area contributed by atoms with E-state index in [1.807, 2.05) is 0 Å². The van der Waals surface area contributed by atoms with E-state index >= 15 is 0 Å². The number of hydrogen-bond acceptors (Lipinski definition) is 2. The van der Waals surface area contributed by atoms with Crippen molar-refractivity contribution < 1.29 is 18.0 Å². The number of nitrogens with zero attached hydrogens (tertiary/aromatic N) is 2. The van der Waals surface area contributed by atoms with Crippen LogP contribution >= 0.6 is 11.6 Å². The van der Waals surface area contributed by atoms with Crippen molar-refractivity contribution in [1.82, 2.24) is 14.9 Å². The zero-order valence-corrected chi connectivity index (χ0v) is 13.6. The molecule has 1 amide bonds. The Balaban J connectivity index is 1.79. The Kier molecular flexibility index (Phi) is 4.67. The van der Waals surface area contributed by atoms with E-state index in [4.69, 9.17) is 11.6 Å². The molecule has 0 aliphatic rings. The number of halogens is 4. The highest BCUT2D eigenvalue weighted by molar-refractivity contribution is 6.30.